The van der Waals surface area contributed by atoms with Crippen molar-refractivity contribution in [1.29, 1.82) is 0 Å². The average Bonchev–Trinajstić information content (AvgIpc) is 2.77. The Morgan fingerprint density at radius 1 is 0.676 bits per heavy atom. The molecule has 0 radical (unpaired) electrons. The van der Waals surface area contributed by atoms with Crippen LogP contribution in [0.2, 0.25) is 0 Å². The highest BCUT2D eigenvalue weighted by Gasteiger charge is 2.74. The maximum Gasteiger partial charge on any atom is 0.314 e. The summed E-state index contributed by atoms with van der Waals surface area (Å²) in [6.45, 7) is 2.43. The monoisotopic (exact) mass is 594 g/mol. The van der Waals surface area contributed by atoms with Crippen LogP contribution in [0.25, 0.3) is 0 Å². The Morgan fingerprint density at radius 2 is 1.03 bits per heavy atom. The van der Waals surface area contributed by atoms with Crippen molar-refractivity contribution in [1.82, 2.24) is 0 Å². The second-order valence-electron chi connectivity index (χ2n) is 8.04. The lowest BCUT2D eigenvalue weighted by Gasteiger charge is -2.58. The molecule has 2 bridgehead atoms. The normalized spacial score (nSPS) is 26.1. The summed E-state index contributed by atoms with van der Waals surface area (Å²) in [5.41, 5.74) is -1.93. The molecule has 0 aliphatic heterocycles. The zero-order chi connectivity index (χ0) is 25.0. The minimum Gasteiger partial charge on any atom is -0.469 e. The van der Waals surface area contributed by atoms with Gasteiger partial charge in [0.25, 0.3) is 0 Å². The van der Waals surface area contributed by atoms with Gasteiger partial charge in [-0.2, -0.15) is 0 Å². The van der Waals surface area contributed by atoms with E-state index in [2.05, 4.69) is 31.9 Å². The van der Waals surface area contributed by atoms with Gasteiger partial charge in [0.05, 0.1) is 14.2 Å². The Balaban J connectivity index is 2.29. The number of carbonyl (C=O) groups excluding carboxylic acids is 4. The lowest BCUT2D eigenvalue weighted by atomic mass is 9.49. The number of hydrogen-bond acceptors (Lipinski definition) is 8. The molecule has 3 aliphatic rings. The van der Waals surface area contributed by atoms with Gasteiger partial charge in [-0.05, 0) is 24.3 Å². The molecule has 8 nitrogen and oxygen atoms in total. The van der Waals surface area contributed by atoms with Crippen LogP contribution in [-0.2, 0) is 49.3 Å². The number of ether oxygens (including phenoxy) is 4. The van der Waals surface area contributed by atoms with Crippen LogP contribution in [0.15, 0.2) is 45.3 Å². The molecule has 0 unspecified atom stereocenters. The van der Waals surface area contributed by atoms with E-state index in [1.807, 2.05) is 0 Å². The van der Waals surface area contributed by atoms with Crippen molar-refractivity contribution < 1.29 is 38.1 Å². The highest BCUT2D eigenvalue weighted by Crippen LogP contribution is 2.66. The van der Waals surface area contributed by atoms with Crippen LogP contribution in [0, 0.1) is 11.8 Å². The molecule has 3 aliphatic carbocycles. The van der Waals surface area contributed by atoms with E-state index in [1.54, 1.807) is 36.4 Å². The molecule has 2 aromatic carbocycles. The number of hydrogen-bond donors (Lipinski definition) is 0. The third kappa shape index (κ3) is 3.22. The molecule has 34 heavy (non-hydrogen) atoms. The van der Waals surface area contributed by atoms with Crippen molar-refractivity contribution in [3.63, 3.8) is 0 Å². The van der Waals surface area contributed by atoms with Crippen molar-refractivity contribution in [2.24, 2.45) is 11.8 Å². The molecule has 0 saturated carbocycles. The Bertz CT molecular complexity index is 1150. The van der Waals surface area contributed by atoms with Gasteiger partial charge in [0.1, 0.15) is 11.8 Å². The van der Waals surface area contributed by atoms with Crippen LogP contribution in [0.3, 0.4) is 0 Å². The third-order valence-corrected chi connectivity index (χ3v) is 7.28. The topological polar surface area (TPSA) is 105 Å². The second-order valence-corrected chi connectivity index (χ2v) is 9.87. The first-order valence-electron chi connectivity index (χ1n) is 10.2. The summed E-state index contributed by atoms with van der Waals surface area (Å²) in [5.74, 6) is -5.84. The van der Waals surface area contributed by atoms with Gasteiger partial charge >= 0.3 is 23.9 Å². The fraction of sp³-hybridized carbons (Fsp3) is 0.333. The van der Waals surface area contributed by atoms with Gasteiger partial charge in [0, 0.05) is 45.0 Å². The number of fused-ring (bicyclic) bond motifs is 1. The van der Waals surface area contributed by atoms with Crippen molar-refractivity contribution in [3.8, 4) is 0 Å². The fourth-order valence-corrected chi connectivity index (χ4v) is 6.11. The molecule has 4 atom stereocenters. The number of esters is 4. The lowest BCUT2D eigenvalue weighted by Crippen LogP contribution is -2.66. The van der Waals surface area contributed by atoms with E-state index in [-0.39, 0.29) is 0 Å². The molecule has 10 heteroatoms. The fourth-order valence-electron chi connectivity index (χ4n) is 5.38. The summed E-state index contributed by atoms with van der Waals surface area (Å²) in [7, 11) is 2.34. The minimum atomic E-state index is -1.76. The number of halogens is 2. The van der Waals surface area contributed by atoms with Crippen LogP contribution >= 0.6 is 31.9 Å². The zero-order valence-corrected chi connectivity index (χ0v) is 21.8. The standard InChI is InChI=1S/C24H20Br2O8/c1-11(27)33-23-15-7-5-14(26)10-18(15)24(34-12(2)28,16-8-6-13(25)9-17(16)23)20(22(30)32-4)19(23)21(29)31-3/h5-10,19-20H,1-4H3/t19-,20+,23-,24-/m0/s1. The van der Waals surface area contributed by atoms with Crippen molar-refractivity contribution >= 4 is 55.7 Å². The van der Waals surface area contributed by atoms with Gasteiger partial charge < -0.3 is 18.9 Å². The quantitative estimate of drug-likeness (QED) is 0.389. The minimum absolute atomic E-state index is 0.392. The summed E-state index contributed by atoms with van der Waals surface area (Å²) >= 11 is 6.88. The van der Waals surface area contributed by atoms with Crippen molar-refractivity contribution in [3.05, 3.63) is 67.6 Å². The van der Waals surface area contributed by atoms with Crippen LogP contribution in [0.1, 0.15) is 36.1 Å². The smallest absolute Gasteiger partial charge is 0.314 e. The number of methoxy groups -OCH3 is 2. The Hall–Kier alpha value is -2.72. The highest BCUT2D eigenvalue weighted by atomic mass is 79.9. The molecule has 0 heterocycles. The largest absolute Gasteiger partial charge is 0.469 e. The number of benzene rings is 2. The SMILES string of the molecule is COC(=O)[C@@H]1[C@H](C(=O)OC)[C@]2(OC(C)=O)c3ccc(Br)cc3[C@@]1(OC(C)=O)c1ccc(Br)cc12. The Kier molecular flexibility index (Phi) is 6.10. The van der Waals surface area contributed by atoms with Crippen LogP contribution < -0.4 is 0 Å². The Morgan fingerprint density at radius 3 is 1.32 bits per heavy atom. The summed E-state index contributed by atoms with van der Waals surface area (Å²) in [5, 5.41) is 0. The van der Waals surface area contributed by atoms with E-state index >= 15 is 0 Å². The highest BCUT2D eigenvalue weighted by molar-refractivity contribution is 9.10. The van der Waals surface area contributed by atoms with Gasteiger partial charge in [-0.15, -0.1) is 0 Å². The maximum absolute atomic E-state index is 13.4. The van der Waals surface area contributed by atoms with E-state index in [4.69, 9.17) is 18.9 Å². The first-order valence-corrected chi connectivity index (χ1v) is 11.8. The summed E-state index contributed by atoms with van der Waals surface area (Å²) in [6, 6.07) is 10.1. The number of rotatable bonds is 4. The summed E-state index contributed by atoms with van der Waals surface area (Å²) in [4.78, 5) is 51.8. The van der Waals surface area contributed by atoms with Gasteiger partial charge in [-0.3, -0.25) is 19.2 Å². The maximum atomic E-state index is 13.4. The van der Waals surface area contributed by atoms with E-state index in [9.17, 15) is 19.2 Å². The van der Waals surface area contributed by atoms with Crippen LogP contribution in [0.4, 0.5) is 0 Å². The molecule has 0 fully saturated rings. The second kappa shape index (κ2) is 8.49. The third-order valence-electron chi connectivity index (χ3n) is 6.29. The Labute approximate surface area is 212 Å². The molecule has 5 rings (SSSR count). The molecular formula is C24H20Br2O8. The molecule has 0 saturated heterocycles. The molecule has 178 valence electrons. The van der Waals surface area contributed by atoms with E-state index in [1.165, 1.54) is 28.1 Å². The predicted octanol–water partition coefficient (Wildman–Crippen LogP) is 3.73. The molecule has 0 aromatic heterocycles. The van der Waals surface area contributed by atoms with Gasteiger partial charge in [-0.1, -0.05) is 44.0 Å². The van der Waals surface area contributed by atoms with E-state index in [0.29, 0.717) is 31.2 Å². The van der Waals surface area contributed by atoms with E-state index in [0.717, 1.165) is 0 Å². The molecular weight excluding hydrogens is 576 g/mol. The summed E-state index contributed by atoms with van der Waals surface area (Å²) in [6.07, 6.45) is 0. The van der Waals surface area contributed by atoms with Gasteiger partial charge in [0.15, 0.2) is 11.2 Å². The van der Waals surface area contributed by atoms with Crippen LogP contribution in [-0.4, -0.2) is 38.1 Å². The first-order chi connectivity index (χ1) is 16.0. The molecule has 0 spiro atoms. The zero-order valence-electron chi connectivity index (χ0n) is 18.6. The van der Waals surface area contributed by atoms with Crippen molar-refractivity contribution in [2.75, 3.05) is 14.2 Å². The van der Waals surface area contributed by atoms with Gasteiger partial charge in [-0.25, -0.2) is 0 Å². The van der Waals surface area contributed by atoms with E-state index < -0.39 is 46.9 Å². The van der Waals surface area contributed by atoms with Crippen LogP contribution in [0.5, 0.6) is 0 Å². The van der Waals surface area contributed by atoms with Crippen molar-refractivity contribution in [2.45, 2.75) is 25.0 Å². The average molecular weight is 596 g/mol. The van der Waals surface area contributed by atoms with Gasteiger partial charge in [0.2, 0.25) is 0 Å². The first kappa shape index (κ1) is 24.4. The predicted molar refractivity (Wildman–Crippen MR) is 124 cm³/mol. The molecule has 0 amide bonds. The lowest BCUT2D eigenvalue weighted by molar-refractivity contribution is -0.210. The molecule has 2 aromatic rings. The molecule has 0 N–H and O–H groups in total. The summed E-state index contributed by atoms with van der Waals surface area (Å²) < 4.78 is 23.5. The number of carbonyl (C=O) groups is 4.